The Morgan fingerprint density at radius 2 is 1.82 bits per heavy atom. The second-order valence-corrected chi connectivity index (χ2v) is 13.5. The van der Waals surface area contributed by atoms with E-state index >= 15 is 0 Å². The fourth-order valence-corrected chi connectivity index (χ4v) is 7.02. The van der Waals surface area contributed by atoms with Crippen molar-refractivity contribution < 1.29 is 13.0 Å². The third-order valence-electron chi connectivity index (χ3n) is 8.08. The van der Waals surface area contributed by atoms with Crippen LogP contribution < -0.4 is 0 Å². The molecule has 0 spiro atoms. The van der Waals surface area contributed by atoms with Crippen molar-refractivity contribution >= 4 is 15.4 Å². The Balaban J connectivity index is 1.47. The van der Waals surface area contributed by atoms with Crippen LogP contribution in [0.1, 0.15) is 55.4 Å². The van der Waals surface area contributed by atoms with E-state index in [1.165, 1.54) is 18.2 Å². The molecule has 2 aliphatic rings. The number of fused-ring (bicyclic) bond motifs is 5. The summed E-state index contributed by atoms with van der Waals surface area (Å²) in [6, 6.07) is 7.31. The molecule has 194 valence electrons. The molecule has 0 aliphatic heterocycles. The van der Waals surface area contributed by atoms with Crippen molar-refractivity contribution in [1.82, 2.24) is 30.1 Å². The summed E-state index contributed by atoms with van der Waals surface area (Å²) >= 11 is 0. The number of halogens is 2. The molecule has 38 heavy (non-hydrogen) atoms. The lowest BCUT2D eigenvalue weighted by Crippen LogP contribution is -2.38. The van der Waals surface area contributed by atoms with Gasteiger partial charge in [0.05, 0.1) is 45.7 Å². The molecule has 3 heterocycles. The summed E-state index contributed by atoms with van der Waals surface area (Å²) < 4.78 is 41.3. The highest BCUT2D eigenvalue weighted by molar-refractivity contribution is 7.98. The number of rotatable bonds is 5. The van der Waals surface area contributed by atoms with Crippen molar-refractivity contribution in [3.05, 3.63) is 83.3 Å². The highest BCUT2D eigenvalue weighted by Gasteiger charge is 2.65. The third kappa shape index (κ3) is 3.65. The van der Waals surface area contributed by atoms with Crippen LogP contribution in [0.5, 0.6) is 0 Å². The Bertz CT molecular complexity index is 1690. The van der Waals surface area contributed by atoms with Crippen molar-refractivity contribution in [3.8, 4) is 22.6 Å². The summed E-state index contributed by atoms with van der Waals surface area (Å²) in [6.45, 7) is 4.36. The molecule has 0 saturated heterocycles. The van der Waals surface area contributed by atoms with Gasteiger partial charge in [-0.1, -0.05) is 19.9 Å². The summed E-state index contributed by atoms with van der Waals surface area (Å²) in [4.78, 5) is 18.3. The van der Waals surface area contributed by atoms with Gasteiger partial charge in [0, 0.05) is 18.6 Å². The fourth-order valence-electron chi connectivity index (χ4n) is 6.34. The number of benzene rings is 1. The van der Waals surface area contributed by atoms with Gasteiger partial charge in [-0.3, -0.25) is 9.19 Å². The zero-order valence-corrected chi connectivity index (χ0v) is 22.1. The van der Waals surface area contributed by atoms with Gasteiger partial charge in [0.25, 0.3) is 0 Å². The van der Waals surface area contributed by atoms with Crippen molar-refractivity contribution in [2.24, 2.45) is 5.41 Å². The number of aromatic nitrogens is 6. The summed E-state index contributed by atoms with van der Waals surface area (Å²) in [7, 11) is -2.31. The maximum atomic E-state index is 14.5. The topological polar surface area (TPSA) is 94.4 Å². The Hall–Kier alpha value is -3.66. The van der Waals surface area contributed by atoms with Gasteiger partial charge in [-0.05, 0) is 69.4 Å². The molecular formula is C28H26F2N6OS. The molecular weight excluding hydrogens is 506 g/mol. The smallest absolute Gasteiger partial charge is 0.140 e. The normalized spacial score (nSPS) is 22.7. The van der Waals surface area contributed by atoms with Gasteiger partial charge in [-0.15, -0.1) is 5.10 Å². The molecule has 1 saturated carbocycles. The quantitative estimate of drug-likeness (QED) is 0.343. The van der Waals surface area contributed by atoms with Crippen molar-refractivity contribution in [3.63, 3.8) is 0 Å². The van der Waals surface area contributed by atoms with E-state index in [1.54, 1.807) is 37.0 Å². The molecule has 2 aliphatic carbocycles. The Morgan fingerprint density at radius 1 is 1.05 bits per heavy atom. The van der Waals surface area contributed by atoms with Crippen molar-refractivity contribution in [2.75, 3.05) is 6.26 Å². The Kier molecular flexibility index (Phi) is 5.47. The number of hydrogen-bond acceptors (Lipinski definition) is 7. The minimum Gasteiger partial charge on any atom is -0.268 e. The molecule has 3 aromatic heterocycles. The van der Waals surface area contributed by atoms with E-state index in [0.717, 1.165) is 29.8 Å². The van der Waals surface area contributed by atoms with E-state index in [1.807, 2.05) is 0 Å². The maximum Gasteiger partial charge on any atom is 0.140 e. The Morgan fingerprint density at radius 3 is 2.55 bits per heavy atom. The number of hydrogen-bond donors (Lipinski definition) is 0. The summed E-state index contributed by atoms with van der Waals surface area (Å²) in [5.74, 6) is 3.08. The molecule has 0 radical (unpaired) electrons. The monoisotopic (exact) mass is 532 g/mol. The molecule has 10 heteroatoms. The van der Waals surface area contributed by atoms with Crippen molar-refractivity contribution in [2.45, 2.75) is 43.8 Å². The molecule has 7 nitrogen and oxygen atoms in total. The largest absolute Gasteiger partial charge is 0.268 e. The van der Waals surface area contributed by atoms with E-state index < -0.39 is 26.6 Å². The van der Waals surface area contributed by atoms with E-state index in [0.29, 0.717) is 17.2 Å². The predicted octanol–water partition coefficient (Wildman–Crippen LogP) is 4.72. The fraction of sp³-hybridized carbons (Fsp3) is 0.321. The third-order valence-corrected chi connectivity index (χ3v) is 8.94. The Labute approximate surface area is 219 Å². The summed E-state index contributed by atoms with van der Waals surface area (Å²) in [6.07, 6.45) is 8.27. The van der Waals surface area contributed by atoms with Gasteiger partial charge in [-0.2, -0.15) is 5.10 Å². The van der Waals surface area contributed by atoms with E-state index in [9.17, 15) is 13.0 Å². The first-order chi connectivity index (χ1) is 18.0. The molecule has 0 N–H and O–H groups in total. The zero-order chi connectivity index (χ0) is 26.9. The van der Waals surface area contributed by atoms with Gasteiger partial charge in [0.15, 0.2) is 0 Å². The minimum absolute atomic E-state index is 0.118. The lowest BCUT2D eigenvalue weighted by Gasteiger charge is -2.37. The molecule has 3 atom stereocenters. The first-order valence-electron chi connectivity index (χ1n) is 12.3. The maximum absolute atomic E-state index is 14.5. The predicted molar refractivity (Wildman–Crippen MR) is 142 cm³/mol. The summed E-state index contributed by atoms with van der Waals surface area (Å²) in [5, 5.41) is 8.88. The highest BCUT2D eigenvalue weighted by Crippen LogP contribution is 2.69. The second-order valence-electron chi connectivity index (χ2n) is 10.8. The average molecular weight is 533 g/mol. The van der Waals surface area contributed by atoms with E-state index in [2.05, 4.69) is 44.9 Å². The standard InChI is InChI=1S/C28H26F2N6OS/c1-27(2)17-8-10-28(27,26-16(17)12-21(35-36-26)25-18(29)6-5-7-19(25)30)23-14-31-13-22(33-23)20-9-11-32-24(34-20)15-38(3,4)37/h5-7,9,11-14,17H,3,8,10,15H2,1-2,4H3/t17-,28-,38?/m0/s1. The van der Waals surface area contributed by atoms with Crippen LogP contribution >= 0.6 is 0 Å². The number of nitrogens with zero attached hydrogens (tertiary/aromatic N) is 6. The lowest BCUT2D eigenvalue weighted by molar-refractivity contribution is 0.242. The molecule has 2 bridgehead atoms. The van der Waals surface area contributed by atoms with Crippen LogP contribution in [0, 0.1) is 17.0 Å². The van der Waals surface area contributed by atoms with Crippen LogP contribution in [0.15, 0.2) is 48.9 Å². The molecule has 6 rings (SSSR count). The van der Waals surface area contributed by atoms with Gasteiger partial charge in [0.1, 0.15) is 23.2 Å². The lowest BCUT2D eigenvalue weighted by atomic mass is 9.66. The van der Waals surface area contributed by atoms with Crippen LogP contribution in [0.3, 0.4) is 0 Å². The van der Waals surface area contributed by atoms with Gasteiger partial charge in [0.2, 0.25) is 0 Å². The van der Waals surface area contributed by atoms with Crippen LogP contribution in [0.25, 0.3) is 22.6 Å². The second kappa shape index (κ2) is 8.42. The van der Waals surface area contributed by atoms with Crippen LogP contribution in [0.4, 0.5) is 8.78 Å². The summed E-state index contributed by atoms with van der Waals surface area (Å²) in [5.41, 5.74) is 2.76. The molecule has 0 amide bonds. The van der Waals surface area contributed by atoms with Gasteiger partial charge in [-0.25, -0.2) is 23.7 Å². The van der Waals surface area contributed by atoms with E-state index in [4.69, 9.17) is 4.98 Å². The molecule has 1 fully saturated rings. The minimum atomic E-state index is -2.31. The van der Waals surface area contributed by atoms with Gasteiger partial charge < -0.3 is 0 Å². The zero-order valence-electron chi connectivity index (χ0n) is 21.3. The van der Waals surface area contributed by atoms with Crippen LogP contribution in [0.2, 0.25) is 0 Å². The molecule has 1 aromatic carbocycles. The highest BCUT2D eigenvalue weighted by atomic mass is 32.2. The average Bonchev–Trinajstić information content (AvgIpc) is 3.24. The van der Waals surface area contributed by atoms with E-state index in [-0.39, 0.29) is 28.3 Å². The molecule has 4 aromatic rings. The SMILES string of the molecule is C=S(C)(=O)Cc1nccc(-c2cncc([C@@]34CC[C@@H](c5cc(-c6c(F)cccc6F)nnc53)C4(C)C)n2)n1. The first kappa shape index (κ1) is 24.7. The van der Waals surface area contributed by atoms with Gasteiger partial charge >= 0.3 is 0 Å². The first-order valence-corrected chi connectivity index (χ1v) is 14.6. The molecule has 1 unspecified atom stereocenters. The van der Waals surface area contributed by atoms with Crippen LogP contribution in [-0.4, -0.2) is 46.5 Å². The van der Waals surface area contributed by atoms with Crippen molar-refractivity contribution in [1.29, 1.82) is 0 Å². The van der Waals surface area contributed by atoms with Crippen LogP contribution in [-0.2, 0) is 20.7 Å².